The summed E-state index contributed by atoms with van der Waals surface area (Å²) in [7, 11) is -3.70. The van der Waals surface area contributed by atoms with E-state index in [1.807, 2.05) is 6.07 Å². The van der Waals surface area contributed by atoms with Crippen LogP contribution >= 0.6 is 12.4 Å². The lowest BCUT2D eigenvalue weighted by molar-refractivity contribution is 0.103. The van der Waals surface area contributed by atoms with Crippen molar-refractivity contribution in [3.8, 4) is 0 Å². The second-order valence-corrected chi connectivity index (χ2v) is 9.63. The van der Waals surface area contributed by atoms with Gasteiger partial charge in [0.05, 0.1) is 4.90 Å². The summed E-state index contributed by atoms with van der Waals surface area (Å²) in [5, 5.41) is 3.57. The first-order chi connectivity index (χ1) is 13.6. The van der Waals surface area contributed by atoms with E-state index in [4.69, 9.17) is 0 Å². The number of benzene rings is 2. The zero-order chi connectivity index (χ0) is 19.6. The molecule has 1 N–H and O–H groups in total. The van der Waals surface area contributed by atoms with E-state index in [-0.39, 0.29) is 28.6 Å². The van der Waals surface area contributed by atoms with Gasteiger partial charge in [-0.3, -0.25) is 4.79 Å². The van der Waals surface area contributed by atoms with Crippen molar-refractivity contribution in [3.05, 3.63) is 65.7 Å². The number of sulfonamides is 1. The van der Waals surface area contributed by atoms with Crippen LogP contribution in [0.3, 0.4) is 0 Å². The van der Waals surface area contributed by atoms with Crippen molar-refractivity contribution in [1.29, 1.82) is 0 Å². The number of nitrogens with one attached hydrogen (secondary N) is 1. The van der Waals surface area contributed by atoms with Gasteiger partial charge in [0.2, 0.25) is 10.0 Å². The Kier molecular flexibility index (Phi) is 7.11. The second kappa shape index (κ2) is 9.39. The zero-order valence-electron chi connectivity index (χ0n) is 16.3. The van der Waals surface area contributed by atoms with E-state index < -0.39 is 10.0 Å². The summed E-state index contributed by atoms with van der Waals surface area (Å²) >= 11 is 0. The number of nitrogens with zero attached hydrogens (tertiary/aromatic N) is 1. The van der Waals surface area contributed by atoms with Crippen molar-refractivity contribution >= 4 is 28.2 Å². The minimum absolute atomic E-state index is 0. The normalized spacial score (nSPS) is 18.2. The van der Waals surface area contributed by atoms with Crippen LogP contribution in [0.1, 0.15) is 41.6 Å². The summed E-state index contributed by atoms with van der Waals surface area (Å²) in [4.78, 5) is 13.0. The zero-order valence-corrected chi connectivity index (χ0v) is 17.9. The highest BCUT2D eigenvalue weighted by molar-refractivity contribution is 7.89. The first kappa shape index (κ1) is 22.0. The molecule has 0 unspecified atom stereocenters. The van der Waals surface area contributed by atoms with Crippen LogP contribution in [-0.2, 0) is 10.0 Å². The van der Waals surface area contributed by atoms with Gasteiger partial charge in [0.15, 0.2) is 5.78 Å². The molecule has 2 aliphatic rings. The number of carbonyl (C=O) groups excluding carboxylic acids is 1. The van der Waals surface area contributed by atoms with E-state index in [0.717, 1.165) is 25.3 Å². The summed E-state index contributed by atoms with van der Waals surface area (Å²) in [6.07, 6.45) is 4.24. The van der Waals surface area contributed by atoms with Gasteiger partial charge < -0.3 is 5.32 Å². The van der Waals surface area contributed by atoms with Gasteiger partial charge in [-0.05, 0) is 50.3 Å². The summed E-state index contributed by atoms with van der Waals surface area (Å²) in [5.74, 6) is 0.554. The van der Waals surface area contributed by atoms with Crippen molar-refractivity contribution in [2.75, 3.05) is 19.6 Å². The lowest BCUT2D eigenvalue weighted by Gasteiger charge is -2.32. The maximum absolute atomic E-state index is 13.3. The number of rotatable bonds is 7. The SMILES string of the molecule is Cl.O=C(c1ccccc1)c1ccccc1S(=O)(=O)N1CCC(NCC2CC2)CC1. The average molecular weight is 435 g/mol. The summed E-state index contributed by atoms with van der Waals surface area (Å²) in [5.41, 5.74) is 0.732. The predicted octanol–water partition coefficient (Wildman–Crippen LogP) is 3.49. The molecule has 2 aromatic carbocycles. The Morgan fingerprint density at radius 2 is 1.55 bits per heavy atom. The van der Waals surface area contributed by atoms with Crippen LogP contribution in [0.4, 0.5) is 0 Å². The van der Waals surface area contributed by atoms with Gasteiger partial charge in [-0.25, -0.2) is 8.42 Å². The number of ketones is 1. The Hall–Kier alpha value is -1.73. The smallest absolute Gasteiger partial charge is 0.243 e. The molecular weight excluding hydrogens is 408 g/mol. The van der Waals surface area contributed by atoms with Crippen molar-refractivity contribution in [2.24, 2.45) is 5.92 Å². The Balaban J connectivity index is 0.00000240. The molecule has 1 aliphatic heterocycles. The molecule has 0 bridgehead atoms. The third-order valence-corrected chi connectivity index (χ3v) is 7.59. The number of hydrogen-bond donors (Lipinski definition) is 1. The fraction of sp³-hybridized carbons (Fsp3) is 0.409. The molecule has 0 atom stereocenters. The van der Waals surface area contributed by atoms with Gasteiger partial charge in [-0.15, -0.1) is 12.4 Å². The average Bonchev–Trinajstić information content (AvgIpc) is 3.57. The molecular formula is C22H27ClN2O3S. The van der Waals surface area contributed by atoms with Crippen molar-refractivity contribution < 1.29 is 13.2 Å². The first-order valence-electron chi connectivity index (χ1n) is 9.98. The standard InChI is InChI=1S/C22H26N2O3S.ClH/c25-22(18-6-2-1-3-7-18)20-8-4-5-9-21(20)28(26,27)24-14-12-19(13-15-24)23-16-17-10-11-17;/h1-9,17,19,23H,10-16H2;1H. The van der Waals surface area contributed by atoms with Gasteiger partial charge in [-0.2, -0.15) is 4.31 Å². The molecule has 2 fully saturated rings. The molecule has 5 nitrogen and oxygen atoms in total. The Bertz CT molecular complexity index is 938. The quantitative estimate of drug-likeness (QED) is 0.677. The summed E-state index contributed by atoms with van der Waals surface area (Å²) in [6, 6.07) is 15.7. The topological polar surface area (TPSA) is 66.5 Å². The predicted molar refractivity (Wildman–Crippen MR) is 116 cm³/mol. The highest BCUT2D eigenvalue weighted by Crippen LogP contribution is 2.29. The third kappa shape index (κ3) is 5.07. The summed E-state index contributed by atoms with van der Waals surface area (Å²) in [6.45, 7) is 2.02. The van der Waals surface area contributed by atoms with Crippen LogP contribution in [-0.4, -0.2) is 44.2 Å². The monoisotopic (exact) mass is 434 g/mol. The van der Waals surface area contributed by atoms with Crippen LogP contribution in [0.5, 0.6) is 0 Å². The molecule has 0 spiro atoms. The van der Waals surface area contributed by atoms with Gasteiger partial charge in [0.1, 0.15) is 0 Å². The number of carbonyl (C=O) groups is 1. The molecule has 156 valence electrons. The number of hydrogen-bond acceptors (Lipinski definition) is 4. The molecule has 1 saturated heterocycles. The van der Waals surface area contributed by atoms with Gasteiger partial charge >= 0.3 is 0 Å². The minimum atomic E-state index is -3.70. The molecule has 0 radical (unpaired) electrons. The molecule has 2 aromatic rings. The molecule has 1 saturated carbocycles. The highest BCUT2D eigenvalue weighted by atomic mass is 35.5. The largest absolute Gasteiger partial charge is 0.314 e. The van der Waals surface area contributed by atoms with E-state index in [2.05, 4.69) is 5.32 Å². The molecule has 4 rings (SSSR count). The van der Waals surface area contributed by atoms with Crippen LogP contribution in [0, 0.1) is 5.92 Å². The maximum atomic E-state index is 13.3. The van der Waals surface area contributed by atoms with E-state index in [1.54, 1.807) is 48.5 Å². The first-order valence-corrected chi connectivity index (χ1v) is 11.4. The van der Waals surface area contributed by atoms with E-state index >= 15 is 0 Å². The van der Waals surface area contributed by atoms with Gasteiger partial charge in [0, 0.05) is 30.3 Å². The lowest BCUT2D eigenvalue weighted by Crippen LogP contribution is -2.45. The number of halogens is 1. The Morgan fingerprint density at radius 3 is 2.21 bits per heavy atom. The molecule has 1 heterocycles. The van der Waals surface area contributed by atoms with Crippen molar-refractivity contribution in [2.45, 2.75) is 36.6 Å². The molecule has 1 aliphatic carbocycles. The van der Waals surface area contributed by atoms with Crippen molar-refractivity contribution in [1.82, 2.24) is 9.62 Å². The molecule has 0 aromatic heterocycles. The van der Waals surface area contributed by atoms with E-state index in [1.165, 1.54) is 17.1 Å². The van der Waals surface area contributed by atoms with Crippen LogP contribution in [0.25, 0.3) is 0 Å². The lowest BCUT2D eigenvalue weighted by atomic mass is 10.0. The molecule has 0 amide bonds. The Labute approximate surface area is 179 Å². The van der Waals surface area contributed by atoms with Crippen molar-refractivity contribution in [3.63, 3.8) is 0 Å². The van der Waals surface area contributed by atoms with E-state index in [0.29, 0.717) is 24.7 Å². The fourth-order valence-corrected chi connectivity index (χ4v) is 5.38. The maximum Gasteiger partial charge on any atom is 0.243 e. The minimum Gasteiger partial charge on any atom is -0.314 e. The molecule has 7 heteroatoms. The number of piperidine rings is 1. The van der Waals surface area contributed by atoms with E-state index in [9.17, 15) is 13.2 Å². The Morgan fingerprint density at radius 1 is 0.931 bits per heavy atom. The fourth-order valence-electron chi connectivity index (χ4n) is 3.72. The van der Waals surface area contributed by atoms with Crippen LogP contribution < -0.4 is 5.32 Å². The third-order valence-electron chi connectivity index (χ3n) is 5.63. The van der Waals surface area contributed by atoms with Crippen LogP contribution in [0.15, 0.2) is 59.5 Å². The van der Waals surface area contributed by atoms with Gasteiger partial charge in [0.25, 0.3) is 0 Å². The summed E-state index contributed by atoms with van der Waals surface area (Å²) < 4.78 is 28.1. The van der Waals surface area contributed by atoms with Gasteiger partial charge in [-0.1, -0.05) is 42.5 Å². The molecule has 29 heavy (non-hydrogen) atoms. The highest BCUT2D eigenvalue weighted by Gasteiger charge is 2.32. The second-order valence-electron chi connectivity index (χ2n) is 7.72. The van der Waals surface area contributed by atoms with Crippen LogP contribution in [0.2, 0.25) is 0 Å².